The first kappa shape index (κ1) is 36.4. The van der Waals surface area contributed by atoms with Crippen LogP contribution in [0.1, 0.15) is 130 Å². The van der Waals surface area contributed by atoms with Crippen LogP contribution in [-0.2, 0) is 28.7 Å². The van der Waals surface area contributed by atoms with Gasteiger partial charge in [-0.3, -0.25) is 19.2 Å². The molecule has 0 aliphatic carbocycles. The van der Waals surface area contributed by atoms with Crippen LogP contribution in [0.4, 0.5) is 0 Å². The van der Waals surface area contributed by atoms with E-state index in [0.29, 0.717) is 13.2 Å². The second-order valence-electron chi connectivity index (χ2n) is 8.37. The number of carboxylic acids is 2. The first-order chi connectivity index (χ1) is 16.1. The molecule has 8 heteroatoms. The van der Waals surface area contributed by atoms with E-state index in [1.54, 1.807) is 0 Å². The molecule has 0 bridgehead atoms. The Bertz CT molecular complexity index is 439. The smallest absolute Gasteiger partial charge is 0.302 e. The van der Waals surface area contributed by atoms with Crippen molar-refractivity contribution in [1.82, 2.24) is 0 Å². The van der Waals surface area contributed by atoms with E-state index in [1.807, 2.05) is 0 Å². The van der Waals surface area contributed by atoms with E-state index in [2.05, 4.69) is 0 Å². The number of unbranched alkanes of at least 4 members (excludes halogenated alkanes) is 15. The molecule has 0 saturated heterocycles. The van der Waals surface area contributed by atoms with E-state index >= 15 is 0 Å². The van der Waals surface area contributed by atoms with Gasteiger partial charge in [0.1, 0.15) is 0 Å². The summed E-state index contributed by atoms with van der Waals surface area (Å²) in [5, 5.41) is 14.8. The lowest BCUT2D eigenvalue weighted by molar-refractivity contribution is -0.142. The van der Waals surface area contributed by atoms with Crippen molar-refractivity contribution in [3.05, 3.63) is 0 Å². The largest absolute Gasteiger partial charge is 0.481 e. The molecule has 0 aliphatic heterocycles. The van der Waals surface area contributed by atoms with Gasteiger partial charge in [0.15, 0.2) is 0 Å². The van der Waals surface area contributed by atoms with Gasteiger partial charge in [0.2, 0.25) is 0 Å². The highest BCUT2D eigenvalue weighted by Gasteiger charge is 1.96. The summed E-state index contributed by atoms with van der Waals surface area (Å²) in [5.41, 5.74) is 0. The molecule has 0 atom stereocenters. The Hall–Kier alpha value is -2.12. The van der Waals surface area contributed by atoms with Gasteiger partial charge < -0.3 is 19.7 Å². The highest BCUT2D eigenvalue weighted by molar-refractivity contribution is 5.66. The number of hydrogen-bond acceptors (Lipinski definition) is 6. The standard InChI is InChI=1S/C22H42O4.2C2H4O2/c1-21(23)25-19-17-15-13-11-9-7-5-3-4-6-8-10-12-14-16-18-20-26-22(2)24;2*1-2(3)4/h3-20H2,1-2H3;2*1H3,(H,3,4). The van der Waals surface area contributed by atoms with Crippen molar-refractivity contribution < 1.29 is 38.9 Å². The van der Waals surface area contributed by atoms with Crippen molar-refractivity contribution in [3.8, 4) is 0 Å². The molecule has 0 saturated carbocycles. The first-order valence-electron chi connectivity index (χ1n) is 12.7. The number of carbonyl (C=O) groups excluding carboxylic acids is 2. The lowest BCUT2D eigenvalue weighted by atomic mass is 10.0. The third-order valence-electron chi connectivity index (χ3n) is 4.65. The van der Waals surface area contributed by atoms with Gasteiger partial charge in [-0.25, -0.2) is 0 Å². The molecule has 0 aromatic rings. The van der Waals surface area contributed by atoms with Crippen LogP contribution < -0.4 is 0 Å². The Morgan fingerprint density at radius 1 is 0.412 bits per heavy atom. The average Bonchev–Trinajstić information content (AvgIpc) is 2.71. The van der Waals surface area contributed by atoms with Gasteiger partial charge >= 0.3 is 11.9 Å². The van der Waals surface area contributed by atoms with Gasteiger partial charge in [-0.05, 0) is 12.8 Å². The quantitative estimate of drug-likeness (QED) is 0.154. The average molecular weight is 491 g/mol. The summed E-state index contributed by atoms with van der Waals surface area (Å²) < 4.78 is 9.85. The van der Waals surface area contributed by atoms with E-state index in [-0.39, 0.29) is 11.9 Å². The summed E-state index contributed by atoms with van der Waals surface area (Å²) in [5.74, 6) is -2.00. The van der Waals surface area contributed by atoms with E-state index in [0.717, 1.165) is 26.7 Å². The molecule has 0 amide bonds. The fourth-order valence-electron chi connectivity index (χ4n) is 3.11. The minimum Gasteiger partial charge on any atom is -0.481 e. The van der Waals surface area contributed by atoms with Crippen LogP contribution in [0.5, 0.6) is 0 Å². The van der Waals surface area contributed by atoms with E-state index in [9.17, 15) is 9.59 Å². The Balaban J connectivity index is -0.00000103. The molecule has 0 rings (SSSR count). The lowest BCUT2D eigenvalue weighted by Crippen LogP contribution is -2.00. The maximum atomic E-state index is 10.6. The van der Waals surface area contributed by atoms with Crippen molar-refractivity contribution in [3.63, 3.8) is 0 Å². The zero-order chi connectivity index (χ0) is 26.5. The van der Waals surface area contributed by atoms with Crippen LogP contribution in [-0.4, -0.2) is 47.3 Å². The second kappa shape index (κ2) is 30.9. The number of aliphatic carboxylic acids is 2. The summed E-state index contributed by atoms with van der Waals surface area (Å²) in [6, 6.07) is 0. The highest BCUT2D eigenvalue weighted by Crippen LogP contribution is 2.13. The third-order valence-corrected chi connectivity index (χ3v) is 4.65. The molecule has 0 heterocycles. The fourth-order valence-corrected chi connectivity index (χ4v) is 3.11. The van der Waals surface area contributed by atoms with E-state index in [1.165, 1.54) is 104 Å². The van der Waals surface area contributed by atoms with E-state index < -0.39 is 11.9 Å². The van der Waals surface area contributed by atoms with Crippen molar-refractivity contribution in [2.24, 2.45) is 0 Å². The Kier molecular flexibility index (Phi) is 33.1. The molecule has 34 heavy (non-hydrogen) atoms. The van der Waals surface area contributed by atoms with Crippen LogP contribution in [0.3, 0.4) is 0 Å². The molecule has 0 radical (unpaired) electrons. The van der Waals surface area contributed by atoms with Crippen molar-refractivity contribution in [1.29, 1.82) is 0 Å². The fraction of sp³-hybridized carbons (Fsp3) is 0.846. The highest BCUT2D eigenvalue weighted by atomic mass is 16.5. The molecule has 8 nitrogen and oxygen atoms in total. The number of carbonyl (C=O) groups is 4. The molecule has 0 unspecified atom stereocenters. The number of ether oxygens (including phenoxy) is 2. The van der Waals surface area contributed by atoms with Gasteiger partial charge in [-0.2, -0.15) is 0 Å². The molecule has 202 valence electrons. The summed E-state index contributed by atoms with van der Waals surface area (Å²) in [7, 11) is 0. The minimum atomic E-state index is -0.833. The van der Waals surface area contributed by atoms with Crippen LogP contribution in [0.2, 0.25) is 0 Å². The Morgan fingerprint density at radius 2 is 0.559 bits per heavy atom. The van der Waals surface area contributed by atoms with Crippen molar-refractivity contribution >= 4 is 23.9 Å². The molecule has 0 spiro atoms. The first-order valence-corrected chi connectivity index (χ1v) is 12.7. The zero-order valence-electron chi connectivity index (χ0n) is 22.1. The Labute approximate surface area is 206 Å². The number of hydrogen-bond donors (Lipinski definition) is 2. The summed E-state index contributed by atoms with van der Waals surface area (Å²) in [6.45, 7) is 6.28. The second-order valence-corrected chi connectivity index (χ2v) is 8.37. The molecule has 0 aliphatic rings. The van der Waals surface area contributed by atoms with Crippen LogP contribution >= 0.6 is 0 Å². The maximum absolute atomic E-state index is 10.6. The van der Waals surface area contributed by atoms with E-state index in [4.69, 9.17) is 29.3 Å². The SMILES string of the molecule is CC(=O)O.CC(=O)O.CC(=O)OCCCCCCCCCCCCCCCCCCOC(C)=O. The number of rotatable bonds is 19. The molecule has 2 N–H and O–H groups in total. The van der Waals surface area contributed by atoms with Crippen LogP contribution in [0, 0.1) is 0 Å². The molecular formula is C26H50O8. The number of esters is 2. The monoisotopic (exact) mass is 490 g/mol. The topological polar surface area (TPSA) is 127 Å². The van der Waals surface area contributed by atoms with Crippen molar-refractivity contribution in [2.45, 2.75) is 130 Å². The minimum absolute atomic E-state index is 0.166. The van der Waals surface area contributed by atoms with Gasteiger partial charge in [-0.15, -0.1) is 0 Å². The molecular weight excluding hydrogens is 440 g/mol. The van der Waals surface area contributed by atoms with Gasteiger partial charge in [0, 0.05) is 27.7 Å². The molecule has 0 aromatic heterocycles. The zero-order valence-corrected chi connectivity index (χ0v) is 22.1. The molecule has 0 aromatic carbocycles. The maximum Gasteiger partial charge on any atom is 0.302 e. The normalized spacial score (nSPS) is 9.65. The Morgan fingerprint density at radius 3 is 0.706 bits per heavy atom. The third kappa shape index (κ3) is 57.2. The summed E-state index contributed by atoms with van der Waals surface area (Å²) >= 11 is 0. The summed E-state index contributed by atoms with van der Waals surface area (Å²) in [4.78, 5) is 39.2. The van der Waals surface area contributed by atoms with Crippen LogP contribution in [0.15, 0.2) is 0 Å². The van der Waals surface area contributed by atoms with Crippen LogP contribution in [0.25, 0.3) is 0 Å². The predicted octanol–water partition coefficient (Wildman–Crippen LogP) is 6.54. The van der Waals surface area contributed by atoms with Crippen molar-refractivity contribution in [2.75, 3.05) is 13.2 Å². The number of carboxylic acid groups (broad SMARTS) is 2. The molecule has 0 fully saturated rings. The van der Waals surface area contributed by atoms with Gasteiger partial charge in [-0.1, -0.05) is 89.9 Å². The van der Waals surface area contributed by atoms with Gasteiger partial charge in [0.25, 0.3) is 11.9 Å². The lowest BCUT2D eigenvalue weighted by Gasteiger charge is -2.04. The predicted molar refractivity (Wildman–Crippen MR) is 134 cm³/mol. The van der Waals surface area contributed by atoms with Gasteiger partial charge in [0.05, 0.1) is 13.2 Å². The summed E-state index contributed by atoms with van der Waals surface area (Å²) in [6.07, 6.45) is 20.5.